The van der Waals surface area contributed by atoms with Gasteiger partial charge in [-0.2, -0.15) is 0 Å². The Balaban J connectivity index is 1.62. The minimum Gasteiger partial charge on any atom is -0.481 e. The minimum atomic E-state index is -0.676. The number of carbonyl (C=O) groups is 2. The molecular formula is C19H17N3O3S. The summed E-state index contributed by atoms with van der Waals surface area (Å²) in [4.78, 5) is 28.6. The summed E-state index contributed by atoms with van der Waals surface area (Å²) in [6.07, 6.45) is 0.940. The maximum Gasteiger partial charge on any atom is 0.265 e. The highest BCUT2D eigenvalue weighted by Gasteiger charge is 2.16. The van der Waals surface area contributed by atoms with Crippen LogP contribution in [-0.4, -0.2) is 22.9 Å². The highest BCUT2D eigenvalue weighted by atomic mass is 32.1. The molecule has 2 aromatic carbocycles. The number of thiazole rings is 1. The molecule has 6 nitrogen and oxygen atoms in total. The fraction of sp³-hybridized carbons (Fsp3) is 0.105. The topological polar surface area (TPSA) is 80.3 Å². The van der Waals surface area contributed by atoms with Crippen molar-refractivity contribution >= 4 is 34.0 Å². The van der Waals surface area contributed by atoms with Crippen molar-refractivity contribution in [2.45, 2.75) is 13.0 Å². The molecule has 132 valence electrons. The van der Waals surface area contributed by atoms with Gasteiger partial charge in [0.05, 0.1) is 0 Å². The van der Waals surface area contributed by atoms with Crippen LogP contribution >= 0.6 is 11.3 Å². The third-order valence-electron chi connectivity index (χ3n) is 3.47. The van der Waals surface area contributed by atoms with Crippen molar-refractivity contribution in [1.29, 1.82) is 0 Å². The molecule has 0 aliphatic rings. The van der Waals surface area contributed by atoms with Crippen LogP contribution in [0.5, 0.6) is 5.75 Å². The molecule has 0 unspecified atom stereocenters. The number of hydrogen-bond acceptors (Lipinski definition) is 5. The summed E-state index contributed by atoms with van der Waals surface area (Å²) in [6, 6.07) is 15.8. The Morgan fingerprint density at radius 3 is 2.62 bits per heavy atom. The second-order valence-corrected chi connectivity index (χ2v) is 6.33. The number of nitrogens with one attached hydrogen (secondary N) is 2. The Labute approximate surface area is 154 Å². The molecule has 0 spiro atoms. The Bertz CT molecular complexity index is 882. The molecule has 1 atom stereocenters. The first kappa shape index (κ1) is 17.6. The lowest BCUT2D eigenvalue weighted by Gasteiger charge is -2.15. The monoisotopic (exact) mass is 367 g/mol. The number of benzene rings is 2. The first-order chi connectivity index (χ1) is 12.6. The molecular weight excluding hydrogens is 350 g/mol. The summed E-state index contributed by atoms with van der Waals surface area (Å²) in [7, 11) is 0. The Morgan fingerprint density at radius 1 is 1.08 bits per heavy atom. The van der Waals surface area contributed by atoms with E-state index in [1.165, 1.54) is 11.3 Å². The van der Waals surface area contributed by atoms with Crippen molar-refractivity contribution in [2.24, 2.45) is 0 Å². The largest absolute Gasteiger partial charge is 0.481 e. The highest BCUT2D eigenvalue weighted by Crippen LogP contribution is 2.16. The van der Waals surface area contributed by atoms with Gasteiger partial charge in [-0.3, -0.25) is 14.9 Å². The first-order valence-corrected chi connectivity index (χ1v) is 8.83. The quantitative estimate of drug-likeness (QED) is 0.694. The lowest BCUT2D eigenvalue weighted by molar-refractivity contribution is -0.122. The molecule has 1 aromatic heterocycles. The molecule has 0 fully saturated rings. The van der Waals surface area contributed by atoms with Gasteiger partial charge in [0.1, 0.15) is 5.75 Å². The summed E-state index contributed by atoms with van der Waals surface area (Å²) in [5.41, 5.74) is 0.944. The Kier molecular flexibility index (Phi) is 5.60. The molecule has 0 radical (unpaired) electrons. The molecule has 26 heavy (non-hydrogen) atoms. The Hall–Kier alpha value is -3.19. The van der Waals surface area contributed by atoms with Crippen molar-refractivity contribution in [2.75, 3.05) is 10.6 Å². The smallest absolute Gasteiger partial charge is 0.265 e. The average molecular weight is 367 g/mol. The van der Waals surface area contributed by atoms with E-state index in [4.69, 9.17) is 4.74 Å². The van der Waals surface area contributed by atoms with Gasteiger partial charge in [-0.05, 0) is 37.3 Å². The van der Waals surface area contributed by atoms with E-state index in [-0.39, 0.29) is 11.8 Å². The second-order valence-electron chi connectivity index (χ2n) is 5.43. The predicted molar refractivity (Wildman–Crippen MR) is 102 cm³/mol. The molecule has 0 aliphatic carbocycles. The molecule has 1 heterocycles. The number of aromatic nitrogens is 1. The lowest BCUT2D eigenvalue weighted by Crippen LogP contribution is -2.30. The van der Waals surface area contributed by atoms with Crippen LogP contribution < -0.4 is 15.4 Å². The van der Waals surface area contributed by atoms with E-state index in [1.807, 2.05) is 18.2 Å². The van der Waals surface area contributed by atoms with Crippen LogP contribution in [0, 0.1) is 0 Å². The normalized spacial score (nSPS) is 11.4. The van der Waals surface area contributed by atoms with Gasteiger partial charge in [0.25, 0.3) is 11.8 Å². The molecule has 3 aromatic rings. The number of amides is 2. The zero-order valence-corrected chi connectivity index (χ0v) is 14.8. The van der Waals surface area contributed by atoms with E-state index in [0.717, 1.165) is 0 Å². The van der Waals surface area contributed by atoms with Crippen LogP contribution in [0.1, 0.15) is 17.3 Å². The van der Waals surface area contributed by atoms with Crippen LogP contribution in [0.15, 0.2) is 66.2 Å². The minimum absolute atomic E-state index is 0.287. The van der Waals surface area contributed by atoms with Crippen LogP contribution in [0.2, 0.25) is 0 Å². The molecule has 2 N–H and O–H groups in total. The van der Waals surface area contributed by atoms with Crippen molar-refractivity contribution < 1.29 is 14.3 Å². The molecule has 0 saturated carbocycles. The fourth-order valence-corrected chi connectivity index (χ4v) is 2.72. The SMILES string of the molecule is C[C@@H](Oc1ccccc1)C(=O)Nc1cccc(C(=O)Nc2nccs2)c1. The van der Waals surface area contributed by atoms with E-state index in [2.05, 4.69) is 15.6 Å². The summed E-state index contributed by atoms with van der Waals surface area (Å²) in [5.74, 6) is 0.0303. The second kappa shape index (κ2) is 8.26. The van der Waals surface area contributed by atoms with Gasteiger partial charge in [0, 0.05) is 22.8 Å². The molecule has 0 bridgehead atoms. The molecule has 0 aliphatic heterocycles. The molecule has 7 heteroatoms. The van der Waals surface area contributed by atoms with Crippen molar-refractivity contribution in [3.63, 3.8) is 0 Å². The molecule has 3 rings (SSSR count). The number of ether oxygens (including phenoxy) is 1. The van der Waals surface area contributed by atoms with Gasteiger partial charge in [0.2, 0.25) is 0 Å². The van der Waals surface area contributed by atoms with E-state index >= 15 is 0 Å². The van der Waals surface area contributed by atoms with Crippen LogP contribution in [0.4, 0.5) is 10.8 Å². The van der Waals surface area contributed by atoms with Crippen molar-refractivity contribution in [3.8, 4) is 5.75 Å². The fourth-order valence-electron chi connectivity index (χ4n) is 2.19. The highest BCUT2D eigenvalue weighted by molar-refractivity contribution is 7.13. The standard InChI is InChI=1S/C19H17N3O3S/c1-13(25-16-8-3-2-4-9-16)17(23)21-15-7-5-6-14(12-15)18(24)22-19-20-10-11-26-19/h2-13H,1H3,(H,21,23)(H,20,22,24)/t13-/m1/s1. The van der Waals surface area contributed by atoms with Crippen LogP contribution in [0.25, 0.3) is 0 Å². The van der Waals surface area contributed by atoms with Gasteiger partial charge in [-0.25, -0.2) is 4.98 Å². The van der Waals surface area contributed by atoms with Crippen LogP contribution in [0.3, 0.4) is 0 Å². The number of hydrogen-bond donors (Lipinski definition) is 2. The van der Waals surface area contributed by atoms with Crippen molar-refractivity contribution in [3.05, 3.63) is 71.7 Å². The first-order valence-electron chi connectivity index (χ1n) is 7.95. The summed E-state index contributed by atoms with van der Waals surface area (Å²) in [6.45, 7) is 1.67. The summed E-state index contributed by atoms with van der Waals surface area (Å²) >= 11 is 1.34. The average Bonchev–Trinajstić information content (AvgIpc) is 3.15. The number of carbonyl (C=O) groups excluding carboxylic acids is 2. The third-order valence-corrected chi connectivity index (χ3v) is 4.16. The maximum absolute atomic E-state index is 12.3. The zero-order valence-electron chi connectivity index (χ0n) is 14.0. The summed E-state index contributed by atoms with van der Waals surface area (Å²) in [5, 5.41) is 7.77. The van der Waals surface area contributed by atoms with Gasteiger partial charge >= 0.3 is 0 Å². The van der Waals surface area contributed by atoms with E-state index < -0.39 is 6.10 Å². The predicted octanol–water partition coefficient (Wildman–Crippen LogP) is 3.80. The number of rotatable bonds is 6. The number of anilines is 2. The van der Waals surface area contributed by atoms with E-state index in [9.17, 15) is 9.59 Å². The van der Waals surface area contributed by atoms with Crippen molar-refractivity contribution in [1.82, 2.24) is 4.98 Å². The summed E-state index contributed by atoms with van der Waals surface area (Å²) < 4.78 is 5.60. The van der Waals surface area contributed by atoms with E-state index in [0.29, 0.717) is 22.1 Å². The number of para-hydroxylation sites is 1. The molecule has 2 amide bonds. The van der Waals surface area contributed by atoms with Crippen LogP contribution in [-0.2, 0) is 4.79 Å². The van der Waals surface area contributed by atoms with Gasteiger partial charge in [0.15, 0.2) is 11.2 Å². The van der Waals surface area contributed by atoms with Gasteiger partial charge < -0.3 is 10.1 Å². The van der Waals surface area contributed by atoms with E-state index in [1.54, 1.807) is 54.9 Å². The lowest BCUT2D eigenvalue weighted by atomic mass is 10.2. The Morgan fingerprint density at radius 2 is 1.88 bits per heavy atom. The van der Waals surface area contributed by atoms with Gasteiger partial charge in [-0.1, -0.05) is 24.3 Å². The third kappa shape index (κ3) is 4.67. The molecule has 0 saturated heterocycles. The zero-order chi connectivity index (χ0) is 18.4. The maximum atomic E-state index is 12.3. The van der Waals surface area contributed by atoms with Gasteiger partial charge in [-0.15, -0.1) is 11.3 Å². The number of nitrogens with zero attached hydrogens (tertiary/aromatic N) is 1.